The fraction of sp³-hybridized carbons (Fsp3) is 0.500. The summed E-state index contributed by atoms with van der Waals surface area (Å²) < 4.78 is 16.7. The van der Waals surface area contributed by atoms with Crippen LogP contribution in [-0.2, 0) is 30.8 Å². The molecular formula is C18H24N4O7. The number of carbonyl (C=O) groups is 2. The van der Waals surface area contributed by atoms with Crippen LogP contribution in [0.25, 0.3) is 0 Å². The highest BCUT2D eigenvalue weighted by Crippen LogP contribution is 2.42. The molecule has 0 bridgehead atoms. The molecule has 0 amide bonds. The van der Waals surface area contributed by atoms with Crippen LogP contribution in [0.2, 0.25) is 0 Å². The number of carbonyl (C=O) groups excluding carboxylic acids is 2. The molecular weight excluding hydrogens is 384 g/mol. The standard InChI is InChI=1S/C18H24N4O7/c1-6-28-17(23)12-10(2)20-11(3)13(18(24)29-8-7-27-5)14(12)15-16(22(25)26)19-9-21(15)4/h9,14,20H,6-8H2,1-5H3. The number of hydrogen-bond acceptors (Lipinski definition) is 9. The zero-order valence-electron chi connectivity index (χ0n) is 17.0. The third-order valence-electron chi connectivity index (χ3n) is 4.40. The average Bonchev–Trinajstić information content (AvgIpc) is 3.02. The Morgan fingerprint density at radius 1 is 1.21 bits per heavy atom. The Labute approximate surface area is 167 Å². The molecule has 1 aromatic rings. The molecule has 0 radical (unpaired) electrons. The minimum absolute atomic E-state index is 0.0102. The quantitative estimate of drug-likeness (QED) is 0.292. The third kappa shape index (κ3) is 4.45. The van der Waals surface area contributed by atoms with Gasteiger partial charge >= 0.3 is 17.8 Å². The molecule has 0 aromatic carbocycles. The fourth-order valence-corrected chi connectivity index (χ4v) is 3.21. The highest BCUT2D eigenvalue weighted by Gasteiger charge is 2.43. The molecule has 0 aliphatic carbocycles. The molecule has 158 valence electrons. The first-order chi connectivity index (χ1) is 13.7. The van der Waals surface area contributed by atoms with Gasteiger partial charge in [0.05, 0.1) is 30.3 Å². The van der Waals surface area contributed by atoms with Crippen LogP contribution in [0.5, 0.6) is 0 Å². The molecule has 0 spiro atoms. The smallest absolute Gasteiger partial charge is 0.385 e. The summed E-state index contributed by atoms with van der Waals surface area (Å²) in [7, 11) is 3.02. The van der Waals surface area contributed by atoms with E-state index in [1.54, 1.807) is 27.8 Å². The first-order valence-corrected chi connectivity index (χ1v) is 8.91. The minimum atomic E-state index is -1.08. The Hall–Kier alpha value is -3.21. The molecule has 2 heterocycles. The van der Waals surface area contributed by atoms with Crippen LogP contribution in [0.1, 0.15) is 32.4 Å². The Morgan fingerprint density at radius 2 is 1.79 bits per heavy atom. The lowest BCUT2D eigenvalue weighted by molar-refractivity contribution is -0.390. The van der Waals surface area contributed by atoms with Gasteiger partial charge in [0.2, 0.25) is 6.33 Å². The van der Waals surface area contributed by atoms with Crippen molar-refractivity contribution in [2.24, 2.45) is 7.05 Å². The lowest BCUT2D eigenvalue weighted by Crippen LogP contribution is -2.33. The van der Waals surface area contributed by atoms with Crippen molar-refractivity contribution in [1.82, 2.24) is 14.9 Å². The van der Waals surface area contributed by atoms with E-state index in [0.717, 1.165) is 0 Å². The van der Waals surface area contributed by atoms with E-state index in [0.29, 0.717) is 11.4 Å². The highest BCUT2D eigenvalue weighted by molar-refractivity contribution is 6.00. The predicted octanol–water partition coefficient (Wildman–Crippen LogP) is 1.32. The Bertz CT molecular complexity index is 885. The van der Waals surface area contributed by atoms with Gasteiger partial charge in [0.1, 0.15) is 12.3 Å². The summed E-state index contributed by atoms with van der Waals surface area (Å²) >= 11 is 0. The van der Waals surface area contributed by atoms with Crippen molar-refractivity contribution in [3.63, 3.8) is 0 Å². The molecule has 0 saturated heterocycles. The summed E-state index contributed by atoms with van der Waals surface area (Å²) in [6.45, 7) is 5.19. The largest absolute Gasteiger partial charge is 0.463 e. The molecule has 1 unspecified atom stereocenters. The average molecular weight is 408 g/mol. The molecule has 1 N–H and O–H groups in total. The number of rotatable bonds is 8. The summed E-state index contributed by atoms with van der Waals surface area (Å²) in [6.07, 6.45) is 1.26. The third-order valence-corrected chi connectivity index (χ3v) is 4.40. The lowest BCUT2D eigenvalue weighted by atomic mass is 9.82. The van der Waals surface area contributed by atoms with Gasteiger partial charge in [-0.3, -0.25) is 0 Å². The van der Waals surface area contributed by atoms with Crippen LogP contribution >= 0.6 is 0 Å². The van der Waals surface area contributed by atoms with E-state index in [1.165, 1.54) is 18.0 Å². The zero-order valence-corrected chi connectivity index (χ0v) is 17.0. The molecule has 0 fully saturated rings. The van der Waals surface area contributed by atoms with E-state index in [-0.39, 0.29) is 36.7 Å². The van der Waals surface area contributed by atoms with Gasteiger partial charge < -0.3 is 34.2 Å². The number of dihydropyridines is 1. The number of aromatic nitrogens is 2. The SMILES string of the molecule is CCOC(=O)C1=C(C)NC(C)=C(C(=O)OCCOC)C1c1c([N+](=O)[O-])ncn1C. The number of nitro groups is 1. The minimum Gasteiger partial charge on any atom is -0.463 e. The van der Waals surface area contributed by atoms with Crippen molar-refractivity contribution in [1.29, 1.82) is 0 Å². The van der Waals surface area contributed by atoms with Crippen molar-refractivity contribution < 1.29 is 28.7 Å². The van der Waals surface area contributed by atoms with Crippen LogP contribution < -0.4 is 5.32 Å². The second kappa shape index (κ2) is 9.32. The molecule has 29 heavy (non-hydrogen) atoms. The predicted molar refractivity (Wildman–Crippen MR) is 101 cm³/mol. The maximum absolute atomic E-state index is 12.9. The molecule has 1 aliphatic heterocycles. The zero-order chi connectivity index (χ0) is 21.7. The molecule has 11 nitrogen and oxygen atoms in total. The van der Waals surface area contributed by atoms with Gasteiger partial charge in [0, 0.05) is 25.6 Å². The number of hydrogen-bond donors (Lipinski definition) is 1. The number of esters is 2. The molecule has 0 saturated carbocycles. The van der Waals surface area contributed by atoms with Crippen molar-refractivity contribution in [3.05, 3.63) is 44.7 Å². The number of methoxy groups -OCH3 is 1. The van der Waals surface area contributed by atoms with Crippen molar-refractivity contribution in [2.75, 3.05) is 26.9 Å². The van der Waals surface area contributed by atoms with E-state index in [1.807, 2.05) is 0 Å². The maximum atomic E-state index is 12.9. The number of allylic oxidation sites excluding steroid dienone is 2. The first kappa shape index (κ1) is 22.1. The Kier molecular flexibility index (Phi) is 7.10. The van der Waals surface area contributed by atoms with E-state index >= 15 is 0 Å². The van der Waals surface area contributed by atoms with Crippen LogP contribution in [0.4, 0.5) is 5.82 Å². The maximum Gasteiger partial charge on any atom is 0.385 e. The summed E-state index contributed by atoms with van der Waals surface area (Å²) in [4.78, 5) is 40.3. The fourth-order valence-electron chi connectivity index (χ4n) is 3.21. The van der Waals surface area contributed by atoms with Crippen LogP contribution in [0.3, 0.4) is 0 Å². The topological polar surface area (TPSA) is 135 Å². The number of ether oxygens (including phenoxy) is 3. The number of nitrogens with zero attached hydrogens (tertiary/aromatic N) is 3. The van der Waals surface area contributed by atoms with Crippen molar-refractivity contribution >= 4 is 17.8 Å². The Balaban J connectivity index is 2.67. The summed E-state index contributed by atoms with van der Waals surface area (Å²) in [5, 5.41) is 14.5. The van der Waals surface area contributed by atoms with Crippen LogP contribution in [0, 0.1) is 10.1 Å². The van der Waals surface area contributed by atoms with E-state index in [2.05, 4.69) is 10.3 Å². The van der Waals surface area contributed by atoms with Crippen LogP contribution in [-0.4, -0.2) is 53.3 Å². The Morgan fingerprint density at radius 3 is 2.31 bits per heavy atom. The number of imidazole rings is 1. The molecule has 2 rings (SSSR count). The second-order valence-electron chi connectivity index (χ2n) is 6.31. The van der Waals surface area contributed by atoms with Gasteiger partial charge in [-0.25, -0.2) is 9.59 Å². The number of aryl methyl sites for hydroxylation is 1. The molecule has 1 atom stereocenters. The van der Waals surface area contributed by atoms with E-state index in [9.17, 15) is 19.7 Å². The lowest BCUT2D eigenvalue weighted by Gasteiger charge is -2.29. The van der Waals surface area contributed by atoms with Gasteiger partial charge in [-0.15, -0.1) is 0 Å². The van der Waals surface area contributed by atoms with Crippen molar-refractivity contribution in [3.8, 4) is 0 Å². The van der Waals surface area contributed by atoms with E-state index in [4.69, 9.17) is 14.2 Å². The number of nitrogens with one attached hydrogen (secondary N) is 1. The van der Waals surface area contributed by atoms with Gasteiger partial charge in [-0.05, 0) is 30.7 Å². The normalized spacial score (nSPS) is 16.5. The van der Waals surface area contributed by atoms with Gasteiger partial charge in [-0.2, -0.15) is 0 Å². The second-order valence-corrected chi connectivity index (χ2v) is 6.31. The summed E-state index contributed by atoms with van der Waals surface area (Å²) in [5.41, 5.74) is 1.08. The monoisotopic (exact) mass is 408 g/mol. The van der Waals surface area contributed by atoms with Crippen molar-refractivity contribution in [2.45, 2.75) is 26.7 Å². The van der Waals surface area contributed by atoms with E-state index < -0.39 is 28.6 Å². The molecule has 1 aliphatic rings. The van der Waals surface area contributed by atoms with Gasteiger partial charge in [-0.1, -0.05) is 0 Å². The van der Waals surface area contributed by atoms with Gasteiger partial charge in [0.25, 0.3) is 0 Å². The highest BCUT2D eigenvalue weighted by atomic mass is 16.6. The molecule has 1 aromatic heterocycles. The van der Waals surface area contributed by atoms with Crippen LogP contribution in [0.15, 0.2) is 28.9 Å². The summed E-state index contributed by atoms with van der Waals surface area (Å²) in [6, 6.07) is 0. The molecule has 11 heteroatoms. The first-order valence-electron chi connectivity index (χ1n) is 8.91. The van der Waals surface area contributed by atoms with Gasteiger partial charge in [0.15, 0.2) is 0 Å². The summed E-state index contributed by atoms with van der Waals surface area (Å²) in [5.74, 6) is -2.95.